The van der Waals surface area contributed by atoms with Crippen molar-refractivity contribution in [3.8, 4) is 0 Å². The number of carboxylic acid groups (broad SMARTS) is 1. The summed E-state index contributed by atoms with van der Waals surface area (Å²) < 4.78 is 0. The minimum Gasteiger partial charge on any atom is -0.481 e. The summed E-state index contributed by atoms with van der Waals surface area (Å²) in [4.78, 5) is 25.8. The molecular weight excluding hydrogens is 278 g/mol. The molecule has 1 aliphatic carbocycles. The Morgan fingerprint density at radius 2 is 1.86 bits per heavy atom. The van der Waals surface area contributed by atoms with Gasteiger partial charge in [0.2, 0.25) is 0 Å². The Morgan fingerprint density at radius 3 is 2.59 bits per heavy atom. The minimum atomic E-state index is -0.796. The van der Waals surface area contributed by atoms with Crippen molar-refractivity contribution in [3.05, 3.63) is 34.9 Å². The van der Waals surface area contributed by atoms with Crippen LogP contribution in [0, 0.1) is 5.92 Å². The summed E-state index contributed by atoms with van der Waals surface area (Å²) in [5, 5.41) is 9.21. The van der Waals surface area contributed by atoms with E-state index in [1.807, 2.05) is 19.1 Å². The zero-order valence-electron chi connectivity index (χ0n) is 13.0. The van der Waals surface area contributed by atoms with Gasteiger partial charge in [-0.25, -0.2) is 0 Å². The van der Waals surface area contributed by atoms with Crippen LogP contribution in [0.15, 0.2) is 18.2 Å². The first-order chi connectivity index (χ1) is 10.6. The van der Waals surface area contributed by atoms with Crippen LogP contribution < -0.4 is 0 Å². The number of amides is 1. The van der Waals surface area contributed by atoms with E-state index in [9.17, 15) is 14.7 Å². The maximum atomic E-state index is 12.8. The van der Waals surface area contributed by atoms with Crippen molar-refractivity contribution in [2.24, 2.45) is 5.92 Å². The van der Waals surface area contributed by atoms with Crippen molar-refractivity contribution < 1.29 is 14.7 Å². The predicted octanol–water partition coefficient (Wildman–Crippen LogP) is 2.89. The molecule has 22 heavy (non-hydrogen) atoms. The van der Waals surface area contributed by atoms with Gasteiger partial charge < -0.3 is 10.0 Å². The Labute approximate surface area is 131 Å². The Morgan fingerprint density at radius 1 is 1.14 bits per heavy atom. The molecule has 1 fully saturated rings. The summed E-state index contributed by atoms with van der Waals surface area (Å²) in [7, 11) is 0. The van der Waals surface area contributed by atoms with Crippen molar-refractivity contribution >= 4 is 11.9 Å². The average Bonchev–Trinajstić information content (AvgIpc) is 2.54. The van der Waals surface area contributed by atoms with Crippen molar-refractivity contribution in [1.82, 2.24) is 4.90 Å². The number of aryl methyl sites for hydroxylation is 2. The second kappa shape index (κ2) is 6.11. The number of rotatable bonds is 2. The highest BCUT2D eigenvalue weighted by atomic mass is 16.4. The molecule has 1 saturated heterocycles. The maximum Gasteiger partial charge on any atom is 0.308 e. The average molecular weight is 301 g/mol. The van der Waals surface area contributed by atoms with Gasteiger partial charge in [0.05, 0.1) is 5.92 Å². The van der Waals surface area contributed by atoms with Gasteiger partial charge in [0.25, 0.3) is 5.91 Å². The molecule has 1 N–H and O–H groups in total. The summed E-state index contributed by atoms with van der Waals surface area (Å²) in [6.07, 6.45) is 5.97. The summed E-state index contributed by atoms with van der Waals surface area (Å²) >= 11 is 0. The number of carbonyl (C=O) groups is 2. The van der Waals surface area contributed by atoms with Gasteiger partial charge in [0.1, 0.15) is 0 Å². The van der Waals surface area contributed by atoms with Gasteiger partial charge in [-0.15, -0.1) is 0 Å². The minimum absolute atomic E-state index is 0.0215. The molecule has 1 aromatic rings. The summed E-state index contributed by atoms with van der Waals surface area (Å²) in [6.45, 7) is 2.33. The lowest BCUT2D eigenvalue weighted by Crippen LogP contribution is -2.47. The molecule has 1 heterocycles. The molecule has 1 aliphatic heterocycles. The third-order valence-corrected chi connectivity index (χ3v) is 5.09. The quantitative estimate of drug-likeness (QED) is 0.913. The molecule has 0 saturated carbocycles. The molecule has 2 aliphatic rings. The number of carboxylic acids is 1. The SMILES string of the molecule is CC1CCC(C(=O)O)CN1C(=O)c1ccc2c(c1)CCCC2. The molecule has 4 heteroatoms. The highest BCUT2D eigenvalue weighted by Crippen LogP contribution is 2.26. The maximum absolute atomic E-state index is 12.8. The number of nitrogens with zero attached hydrogens (tertiary/aromatic N) is 1. The van der Waals surface area contributed by atoms with Crippen LogP contribution in [-0.2, 0) is 17.6 Å². The predicted molar refractivity (Wildman–Crippen MR) is 83.9 cm³/mol. The molecule has 3 rings (SSSR count). The number of carbonyl (C=O) groups excluding carboxylic acids is 1. The van der Waals surface area contributed by atoms with E-state index >= 15 is 0 Å². The van der Waals surface area contributed by atoms with E-state index in [0.717, 1.165) is 19.3 Å². The van der Waals surface area contributed by atoms with Crippen LogP contribution in [0.1, 0.15) is 54.1 Å². The molecule has 0 radical (unpaired) electrons. The monoisotopic (exact) mass is 301 g/mol. The Balaban J connectivity index is 1.81. The van der Waals surface area contributed by atoms with Gasteiger partial charge in [0, 0.05) is 18.2 Å². The summed E-state index contributed by atoms with van der Waals surface area (Å²) in [5.41, 5.74) is 3.35. The Bertz CT molecular complexity index is 596. The highest BCUT2D eigenvalue weighted by Gasteiger charge is 2.33. The van der Waals surface area contributed by atoms with Crippen LogP contribution in [0.25, 0.3) is 0 Å². The zero-order valence-corrected chi connectivity index (χ0v) is 13.0. The van der Waals surface area contributed by atoms with Gasteiger partial charge in [-0.3, -0.25) is 9.59 Å². The number of hydrogen-bond acceptors (Lipinski definition) is 2. The van der Waals surface area contributed by atoms with Gasteiger partial charge >= 0.3 is 5.97 Å². The van der Waals surface area contributed by atoms with E-state index in [0.29, 0.717) is 18.5 Å². The van der Waals surface area contributed by atoms with Crippen LogP contribution in [0.2, 0.25) is 0 Å². The first kappa shape index (κ1) is 15.1. The normalized spacial score (nSPS) is 24.7. The van der Waals surface area contributed by atoms with E-state index in [1.165, 1.54) is 24.0 Å². The summed E-state index contributed by atoms with van der Waals surface area (Å²) in [6, 6.07) is 6.11. The number of piperidine rings is 1. The molecule has 2 atom stereocenters. The third kappa shape index (κ3) is 2.87. The van der Waals surface area contributed by atoms with Gasteiger partial charge in [0.15, 0.2) is 0 Å². The van der Waals surface area contributed by atoms with Gasteiger partial charge in [-0.1, -0.05) is 6.07 Å². The molecule has 1 amide bonds. The van der Waals surface area contributed by atoms with Crippen molar-refractivity contribution in [2.75, 3.05) is 6.54 Å². The first-order valence-electron chi connectivity index (χ1n) is 8.22. The molecular formula is C18H23NO3. The van der Waals surface area contributed by atoms with E-state index in [1.54, 1.807) is 4.90 Å². The standard InChI is InChI=1S/C18H23NO3/c1-12-6-7-16(18(21)22)11-19(12)17(20)15-9-8-13-4-2-3-5-14(13)10-15/h8-10,12,16H,2-7,11H2,1H3,(H,21,22). The molecule has 2 unspecified atom stereocenters. The molecule has 118 valence electrons. The van der Waals surface area contributed by atoms with Crippen molar-refractivity contribution in [2.45, 2.75) is 51.5 Å². The molecule has 4 nitrogen and oxygen atoms in total. The van der Waals surface area contributed by atoms with Crippen LogP contribution in [-0.4, -0.2) is 34.5 Å². The smallest absolute Gasteiger partial charge is 0.308 e. The highest BCUT2D eigenvalue weighted by molar-refractivity contribution is 5.95. The third-order valence-electron chi connectivity index (χ3n) is 5.09. The number of aliphatic carboxylic acids is 1. The number of fused-ring (bicyclic) bond motifs is 1. The first-order valence-corrected chi connectivity index (χ1v) is 8.22. The second-order valence-corrected chi connectivity index (χ2v) is 6.61. The molecule has 0 aromatic heterocycles. The lowest BCUT2D eigenvalue weighted by atomic mass is 9.89. The lowest BCUT2D eigenvalue weighted by Gasteiger charge is -2.36. The number of hydrogen-bond donors (Lipinski definition) is 1. The van der Waals surface area contributed by atoms with E-state index < -0.39 is 11.9 Å². The van der Waals surface area contributed by atoms with Crippen molar-refractivity contribution in [1.29, 1.82) is 0 Å². The van der Waals surface area contributed by atoms with Gasteiger partial charge in [-0.2, -0.15) is 0 Å². The number of benzene rings is 1. The fourth-order valence-corrected chi connectivity index (χ4v) is 3.62. The fraction of sp³-hybridized carbons (Fsp3) is 0.556. The van der Waals surface area contributed by atoms with E-state index in [4.69, 9.17) is 0 Å². The molecule has 1 aromatic carbocycles. The van der Waals surface area contributed by atoms with Crippen LogP contribution in [0.3, 0.4) is 0 Å². The van der Waals surface area contributed by atoms with Crippen molar-refractivity contribution in [3.63, 3.8) is 0 Å². The van der Waals surface area contributed by atoms with Crippen LogP contribution >= 0.6 is 0 Å². The topological polar surface area (TPSA) is 57.6 Å². The van der Waals surface area contributed by atoms with Crippen LogP contribution in [0.5, 0.6) is 0 Å². The van der Waals surface area contributed by atoms with E-state index in [2.05, 4.69) is 6.07 Å². The van der Waals surface area contributed by atoms with Crippen LogP contribution in [0.4, 0.5) is 0 Å². The molecule has 0 bridgehead atoms. The zero-order chi connectivity index (χ0) is 15.7. The number of likely N-dealkylation sites (tertiary alicyclic amines) is 1. The molecule has 0 spiro atoms. The second-order valence-electron chi connectivity index (χ2n) is 6.61. The summed E-state index contributed by atoms with van der Waals surface area (Å²) in [5.74, 6) is -1.25. The van der Waals surface area contributed by atoms with Gasteiger partial charge in [-0.05, 0) is 68.7 Å². The Hall–Kier alpha value is -1.84. The van der Waals surface area contributed by atoms with E-state index in [-0.39, 0.29) is 11.9 Å². The lowest BCUT2D eigenvalue weighted by molar-refractivity contribution is -0.143. The Kier molecular flexibility index (Phi) is 4.19. The fourth-order valence-electron chi connectivity index (χ4n) is 3.62. The largest absolute Gasteiger partial charge is 0.481 e.